The Labute approximate surface area is 112 Å². The normalized spacial score (nSPS) is 12.3. The number of hydrogen-bond donors (Lipinski definition) is 2. The van der Waals surface area contributed by atoms with E-state index < -0.39 is 6.04 Å². The number of carbonyl (C=O) groups is 1. The maximum absolute atomic E-state index is 11.8. The molecule has 1 heterocycles. The summed E-state index contributed by atoms with van der Waals surface area (Å²) in [7, 11) is 2.00. The van der Waals surface area contributed by atoms with Crippen molar-refractivity contribution in [2.24, 2.45) is 12.8 Å². The van der Waals surface area contributed by atoms with Gasteiger partial charge in [0.25, 0.3) is 0 Å². The standard InChI is InChI=1S/C15H19N3O/c1-3-8-17-15(19)13(16)9-11-10-18(2)14-7-5-4-6-12(11)14/h3-7,10,13H,1,8-9,16H2,2H3,(H,17,19)/t13-/m0/s1. The molecule has 1 aromatic heterocycles. The second kappa shape index (κ2) is 5.71. The van der Waals surface area contributed by atoms with Gasteiger partial charge >= 0.3 is 0 Å². The average Bonchev–Trinajstić information content (AvgIpc) is 2.73. The maximum Gasteiger partial charge on any atom is 0.237 e. The van der Waals surface area contributed by atoms with Crippen molar-refractivity contribution in [2.45, 2.75) is 12.5 Å². The van der Waals surface area contributed by atoms with Crippen LogP contribution >= 0.6 is 0 Å². The molecule has 0 aliphatic carbocycles. The summed E-state index contributed by atoms with van der Waals surface area (Å²) in [6.45, 7) is 4.01. The molecule has 3 N–H and O–H groups in total. The molecule has 2 rings (SSSR count). The fourth-order valence-electron chi connectivity index (χ4n) is 2.22. The topological polar surface area (TPSA) is 60.1 Å². The molecular weight excluding hydrogens is 238 g/mol. The fourth-order valence-corrected chi connectivity index (χ4v) is 2.22. The summed E-state index contributed by atoms with van der Waals surface area (Å²) >= 11 is 0. The highest BCUT2D eigenvalue weighted by Crippen LogP contribution is 2.21. The Bertz CT molecular complexity index is 600. The molecule has 0 radical (unpaired) electrons. The van der Waals surface area contributed by atoms with Crippen molar-refractivity contribution in [2.75, 3.05) is 6.54 Å². The van der Waals surface area contributed by atoms with Gasteiger partial charge in [0.15, 0.2) is 0 Å². The van der Waals surface area contributed by atoms with Crippen LogP contribution in [-0.4, -0.2) is 23.1 Å². The van der Waals surface area contributed by atoms with Crippen LogP contribution in [0.1, 0.15) is 5.56 Å². The zero-order valence-corrected chi connectivity index (χ0v) is 11.1. The number of nitrogens with zero attached hydrogens (tertiary/aromatic N) is 1. The molecule has 1 aromatic carbocycles. The molecule has 0 saturated heterocycles. The lowest BCUT2D eigenvalue weighted by Crippen LogP contribution is -2.42. The smallest absolute Gasteiger partial charge is 0.237 e. The quantitative estimate of drug-likeness (QED) is 0.794. The van der Waals surface area contributed by atoms with Crippen LogP contribution in [0.2, 0.25) is 0 Å². The third-order valence-corrected chi connectivity index (χ3v) is 3.18. The zero-order chi connectivity index (χ0) is 13.8. The predicted molar refractivity (Wildman–Crippen MR) is 77.8 cm³/mol. The van der Waals surface area contributed by atoms with E-state index in [1.807, 2.05) is 25.4 Å². The summed E-state index contributed by atoms with van der Waals surface area (Å²) in [5.74, 6) is -0.146. The monoisotopic (exact) mass is 257 g/mol. The molecule has 0 fully saturated rings. The summed E-state index contributed by atoms with van der Waals surface area (Å²) in [6.07, 6.45) is 4.21. The molecule has 0 saturated carbocycles. The van der Waals surface area contributed by atoms with Crippen molar-refractivity contribution in [1.82, 2.24) is 9.88 Å². The molecule has 0 bridgehead atoms. The van der Waals surface area contributed by atoms with Crippen LogP contribution in [0.3, 0.4) is 0 Å². The number of hydrogen-bond acceptors (Lipinski definition) is 2. The number of rotatable bonds is 5. The van der Waals surface area contributed by atoms with E-state index in [1.165, 1.54) is 0 Å². The Morgan fingerprint density at radius 2 is 2.26 bits per heavy atom. The van der Waals surface area contributed by atoms with Crippen molar-refractivity contribution in [3.63, 3.8) is 0 Å². The minimum absolute atomic E-state index is 0.146. The Morgan fingerprint density at radius 1 is 1.53 bits per heavy atom. The molecule has 100 valence electrons. The molecule has 4 nitrogen and oxygen atoms in total. The fraction of sp³-hybridized carbons (Fsp3) is 0.267. The molecular formula is C15H19N3O. The van der Waals surface area contributed by atoms with Crippen LogP contribution in [0, 0.1) is 0 Å². The van der Waals surface area contributed by atoms with Crippen LogP contribution < -0.4 is 11.1 Å². The van der Waals surface area contributed by atoms with Crippen LogP contribution in [-0.2, 0) is 18.3 Å². The number of fused-ring (bicyclic) bond motifs is 1. The predicted octanol–water partition coefficient (Wildman–Crippen LogP) is 1.35. The number of nitrogens with one attached hydrogen (secondary N) is 1. The lowest BCUT2D eigenvalue weighted by Gasteiger charge is -2.10. The van der Waals surface area contributed by atoms with E-state index in [0.29, 0.717) is 13.0 Å². The van der Waals surface area contributed by atoms with Gasteiger partial charge in [0.1, 0.15) is 0 Å². The highest BCUT2D eigenvalue weighted by molar-refractivity contribution is 5.86. The molecule has 0 spiro atoms. The van der Waals surface area contributed by atoms with Gasteiger partial charge in [-0.15, -0.1) is 6.58 Å². The van der Waals surface area contributed by atoms with Crippen LogP contribution in [0.25, 0.3) is 10.9 Å². The molecule has 19 heavy (non-hydrogen) atoms. The lowest BCUT2D eigenvalue weighted by molar-refractivity contribution is -0.122. The number of benzene rings is 1. The zero-order valence-electron chi connectivity index (χ0n) is 11.1. The number of carbonyl (C=O) groups excluding carboxylic acids is 1. The summed E-state index contributed by atoms with van der Waals surface area (Å²) in [4.78, 5) is 11.8. The first kappa shape index (κ1) is 13.4. The minimum atomic E-state index is -0.536. The Balaban J connectivity index is 2.17. The van der Waals surface area contributed by atoms with Gasteiger partial charge in [0.05, 0.1) is 6.04 Å². The minimum Gasteiger partial charge on any atom is -0.351 e. The average molecular weight is 257 g/mol. The van der Waals surface area contributed by atoms with E-state index in [0.717, 1.165) is 16.5 Å². The largest absolute Gasteiger partial charge is 0.351 e. The first-order valence-electron chi connectivity index (χ1n) is 6.30. The van der Waals surface area contributed by atoms with Gasteiger partial charge in [-0.2, -0.15) is 0 Å². The summed E-state index contributed by atoms with van der Waals surface area (Å²) in [5.41, 5.74) is 8.18. The number of aryl methyl sites for hydroxylation is 1. The van der Waals surface area contributed by atoms with Gasteiger partial charge < -0.3 is 15.6 Å². The van der Waals surface area contributed by atoms with E-state index >= 15 is 0 Å². The molecule has 4 heteroatoms. The van der Waals surface area contributed by atoms with Crippen LogP contribution in [0.5, 0.6) is 0 Å². The number of aromatic nitrogens is 1. The molecule has 1 amide bonds. The van der Waals surface area contributed by atoms with Gasteiger partial charge in [-0.05, 0) is 18.1 Å². The second-order valence-corrected chi connectivity index (χ2v) is 4.63. The molecule has 0 aliphatic rings. The van der Waals surface area contributed by atoms with Crippen molar-refractivity contribution < 1.29 is 4.79 Å². The van der Waals surface area contributed by atoms with Gasteiger partial charge in [-0.25, -0.2) is 0 Å². The molecule has 0 aliphatic heterocycles. The Hall–Kier alpha value is -2.07. The molecule has 2 aromatic rings. The number of amides is 1. The van der Waals surface area contributed by atoms with Crippen LogP contribution in [0.4, 0.5) is 0 Å². The Kier molecular flexibility index (Phi) is 4.02. The van der Waals surface area contributed by atoms with Crippen molar-refractivity contribution in [3.8, 4) is 0 Å². The van der Waals surface area contributed by atoms with Gasteiger partial charge in [0, 0.05) is 30.7 Å². The second-order valence-electron chi connectivity index (χ2n) is 4.63. The molecule has 1 atom stereocenters. The Morgan fingerprint density at radius 3 is 3.00 bits per heavy atom. The first-order valence-corrected chi connectivity index (χ1v) is 6.30. The maximum atomic E-state index is 11.8. The van der Waals surface area contributed by atoms with Crippen LogP contribution in [0.15, 0.2) is 43.1 Å². The highest BCUT2D eigenvalue weighted by atomic mass is 16.2. The SMILES string of the molecule is C=CCNC(=O)[C@@H](N)Cc1cn(C)c2ccccc12. The third kappa shape index (κ3) is 2.85. The van der Waals surface area contributed by atoms with Crippen molar-refractivity contribution >= 4 is 16.8 Å². The summed E-state index contributed by atoms with van der Waals surface area (Å²) in [5, 5.41) is 3.87. The van der Waals surface area contributed by atoms with Gasteiger partial charge in [-0.3, -0.25) is 4.79 Å². The highest BCUT2D eigenvalue weighted by Gasteiger charge is 2.16. The van der Waals surface area contributed by atoms with E-state index in [1.54, 1.807) is 6.08 Å². The molecule has 0 unspecified atom stereocenters. The van der Waals surface area contributed by atoms with E-state index in [2.05, 4.69) is 28.6 Å². The van der Waals surface area contributed by atoms with E-state index in [9.17, 15) is 4.79 Å². The van der Waals surface area contributed by atoms with Gasteiger partial charge in [-0.1, -0.05) is 24.3 Å². The van der Waals surface area contributed by atoms with E-state index in [4.69, 9.17) is 5.73 Å². The summed E-state index contributed by atoms with van der Waals surface area (Å²) < 4.78 is 2.05. The first-order chi connectivity index (χ1) is 9.13. The number of nitrogens with two attached hydrogens (primary N) is 1. The third-order valence-electron chi connectivity index (χ3n) is 3.18. The number of para-hydroxylation sites is 1. The van der Waals surface area contributed by atoms with Gasteiger partial charge in [0.2, 0.25) is 5.91 Å². The summed E-state index contributed by atoms with van der Waals surface area (Å²) in [6, 6.07) is 7.57. The van der Waals surface area contributed by atoms with Crippen molar-refractivity contribution in [3.05, 3.63) is 48.7 Å². The van der Waals surface area contributed by atoms with Crippen molar-refractivity contribution in [1.29, 1.82) is 0 Å². The van der Waals surface area contributed by atoms with E-state index in [-0.39, 0.29) is 5.91 Å². The lowest BCUT2D eigenvalue weighted by atomic mass is 10.1.